The maximum atomic E-state index is 12.7. The van der Waals surface area contributed by atoms with Crippen molar-refractivity contribution in [1.29, 1.82) is 0 Å². The summed E-state index contributed by atoms with van der Waals surface area (Å²) in [4.78, 5) is 4.21. The van der Waals surface area contributed by atoms with E-state index in [-0.39, 0.29) is 5.82 Å². The standard InChI is InChI=1S/C13H8ClFIN/c14-13(9-1-5-11(16)6-2-9)17-12-7-3-10(15)4-8-12/h1-8H. The molecule has 0 N–H and O–H groups in total. The van der Waals surface area contributed by atoms with Crippen molar-refractivity contribution in [3.63, 3.8) is 0 Å². The fourth-order valence-electron chi connectivity index (χ4n) is 1.28. The van der Waals surface area contributed by atoms with Gasteiger partial charge in [-0.3, -0.25) is 0 Å². The second-order valence-corrected chi connectivity index (χ2v) is 4.99. The van der Waals surface area contributed by atoms with Crippen LogP contribution in [-0.2, 0) is 0 Å². The largest absolute Gasteiger partial charge is 0.236 e. The highest BCUT2D eigenvalue weighted by Crippen LogP contribution is 2.17. The summed E-state index contributed by atoms with van der Waals surface area (Å²) in [6.45, 7) is 0. The Morgan fingerprint density at radius 3 is 2.18 bits per heavy atom. The third-order valence-corrected chi connectivity index (χ3v) is 3.16. The second kappa shape index (κ2) is 5.60. The van der Waals surface area contributed by atoms with Crippen LogP contribution in [0.4, 0.5) is 10.1 Å². The first-order chi connectivity index (χ1) is 8.15. The third kappa shape index (κ3) is 3.51. The molecule has 17 heavy (non-hydrogen) atoms. The SMILES string of the molecule is Fc1ccc(N=C(Cl)c2ccc(I)cc2)cc1. The first-order valence-corrected chi connectivity index (χ1v) is 6.36. The zero-order valence-corrected chi connectivity index (χ0v) is 11.6. The van der Waals surface area contributed by atoms with Gasteiger partial charge in [0.15, 0.2) is 0 Å². The van der Waals surface area contributed by atoms with E-state index in [0.29, 0.717) is 10.9 Å². The van der Waals surface area contributed by atoms with E-state index in [1.165, 1.54) is 12.1 Å². The lowest BCUT2D eigenvalue weighted by atomic mass is 10.2. The molecule has 0 saturated carbocycles. The molecule has 4 heteroatoms. The quantitative estimate of drug-likeness (QED) is 0.542. The summed E-state index contributed by atoms with van der Waals surface area (Å²) in [5, 5.41) is 0.396. The molecular weight excluding hydrogens is 352 g/mol. The lowest BCUT2D eigenvalue weighted by molar-refractivity contribution is 0.628. The van der Waals surface area contributed by atoms with Crippen LogP contribution in [0.2, 0.25) is 0 Å². The third-order valence-electron chi connectivity index (χ3n) is 2.14. The predicted octanol–water partition coefficient (Wildman–Crippen LogP) is 4.75. The Morgan fingerprint density at radius 1 is 1.00 bits per heavy atom. The van der Waals surface area contributed by atoms with Gasteiger partial charge in [0.05, 0.1) is 5.69 Å². The van der Waals surface area contributed by atoms with Crippen LogP contribution < -0.4 is 0 Å². The highest BCUT2D eigenvalue weighted by atomic mass is 127. The van der Waals surface area contributed by atoms with Crippen LogP contribution in [0, 0.1) is 9.39 Å². The summed E-state index contributed by atoms with van der Waals surface area (Å²) in [5.41, 5.74) is 1.48. The summed E-state index contributed by atoms with van der Waals surface area (Å²) in [7, 11) is 0. The normalized spacial score (nSPS) is 11.6. The van der Waals surface area contributed by atoms with Crippen LogP contribution >= 0.6 is 34.2 Å². The molecule has 0 amide bonds. The van der Waals surface area contributed by atoms with E-state index in [9.17, 15) is 4.39 Å². The molecule has 0 aliphatic heterocycles. The number of nitrogens with zero attached hydrogens (tertiary/aromatic N) is 1. The van der Waals surface area contributed by atoms with E-state index in [1.807, 2.05) is 24.3 Å². The van der Waals surface area contributed by atoms with Crippen molar-refractivity contribution in [2.75, 3.05) is 0 Å². The molecule has 86 valence electrons. The van der Waals surface area contributed by atoms with Gasteiger partial charge in [-0.05, 0) is 59.0 Å². The van der Waals surface area contributed by atoms with Crippen LogP contribution in [0.5, 0.6) is 0 Å². The summed E-state index contributed by atoms with van der Waals surface area (Å²) in [5.74, 6) is -0.283. The predicted molar refractivity (Wildman–Crippen MR) is 77.6 cm³/mol. The monoisotopic (exact) mass is 359 g/mol. The smallest absolute Gasteiger partial charge is 0.136 e. The first-order valence-electron chi connectivity index (χ1n) is 4.91. The fraction of sp³-hybridized carbons (Fsp3) is 0. The highest BCUT2D eigenvalue weighted by Gasteiger charge is 2.00. The Labute approximate surface area is 117 Å². The van der Waals surface area contributed by atoms with E-state index in [0.717, 1.165) is 9.13 Å². The molecule has 0 heterocycles. The maximum Gasteiger partial charge on any atom is 0.136 e. The Hall–Kier alpha value is -0.940. The fourth-order valence-corrected chi connectivity index (χ4v) is 1.86. The number of hydrogen-bond donors (Lipinski definition) is 0. The van der Waals surface area contributed by atoms with Gasteiger partial charge in [0, 0.05) is 9.13 Å². The Morgan fingerprint density at radius 2 is 1.59 bits per heavy atom. The van der Waals surface area contributed by atoms with Crippen molar-refractivity contribution >= 4 is 45.1 Å². The van der Waals surface area contributed by atoms with Gasteiger partial charge in [-0.1, -0.05) is 23.7 Å². The van der Waals surface area contributed by atoms with Gasteiger partial charge in [-0.15, -0.1) is 0 Å². The van der Waals surface area contributed by atoms with Gasteiger partial charge >= 0.3 is 0 Å². The minimum Gasteiger partial charge on any atom is -0.236 e. The minimum atomic E-state index is -0.283. The topological polar surface area (TPSA) is 12.4 Å². The maximum absolute atomic E-state index is 12.7. The van der Waals surface area contributed by atoms with Crippen LogP contribution in [0.15, 0.2) is 53.5 Å². The lowest BCUT2D eigenvalue weighted by Gasteiger charge is -1.99. The number of halogens is 3. The van der Waals surface area contributed by atoms with E-state index in [1.54, 1.807) is 12.1 Å². The molecule has 2 rings (SSSR count). The first kappa shape index (κ1) is 12.5. The van der Waals surface area contributed by atoms with Gasteiger partial charge in [0.1, 0.15) is 11.0 Å². The van der Waals surface area contributed by atoms with E-state index in [2.05, 4.69) is 27.6 Å². The van der Waals surface area contributed by atoms with Crippen LogP contribution in [0.1, 0.15) is 5.56 Å². The molecule has 2 aromatic rings. The lowest BCUT2D eigenvalue weighted by Crippen LogP contribution is -1.90. The highest BCUT2D eigenvalue weighted by molar-refractivity contribution is 14.1. The van der Waals surface area contributed by atoms with Crippen molar-refractivity contribution in [2.24, 2.45) is 4.99 Å². The Bertz CT molecular complexity index is 534. The molecule has 0 aliphatic carbocycles. The van der Waals surface area contributed by atoms with Gasteiger partial charge in [-0.25, -0.2) is 9.38 Å². The molecule has 2 aromatic carbocycles. The van der Waals surface area contributed by atoms with E-state index in [4.69, 9.17) is 11.6 Å². The van der Waals surface area contributed by atoms with Gasteiger partial charge < -0.3 is 0 Å². The van der Waals surface area contributed by atoms with Crippen molar-refractivity contribution in [2.45, 2.75) is 0 Å². The van der Waals surface area contributed by atoms with Gasteiger partial charge in [0.2, 0.25) is 0 Å². The Balaban J connectivity index is 2.27. The van der Waals surface area contributed by atoms with Gasteiger partial charge in [0.25, 0.3) is 0 Å². The molecular formula is C13H8ClFIN. The average molecular weight is 360 g/mol. The van der Waals surface area contributed by atoms with Gasteiger partial charge in [-0.2, -0.15) is 0 Å². The number of aliphatic imine (C=N–C) groups is 1. The molecule has 0 unspecified atom stereocenters. The van der Waals surface area contributed by atoms with Crippen LogP contribution in [0.25, 0.3) is 0 Å². The molecule has 0 spiro atoms. The molecule has 0 aliphatic rings. The molecule has 0 radical (unpaired) electrons. The van der Waals surface area contributed by atoms with E-state index < -0.39 is 0 Å². The molecule has 0 atom stereocenters. The molecule has 0 bridgehead atoms. The molecule has 0 aromatic heterocycles. The van der Waals surface area contributed by atoms with Crippen LogP contribution in [-0.4, -0.2) is 5.17 Å². The number of rotatable bonds is 2. The average Bonchev–Trinajstić information content (AvgIpc) is 2.33. The zero-order chi connectivity index (χ0) is 12.3. The van der Waals surface area contributed by atoms with E-state index >= 15 is 0 Å². The summed E-state index contributed by atoms with van der Waals surface area (Å²) in [6.07, 6.45) is 0. The second-order valence-electron chi connectivity index (χ2n) is 3.39. The summed E-state index contributed by atoms with van der Waals surface area (Å²) >= 11 is 8.31. The van der Waals surface area contributed by atoms with Crippen molar-refractivity contribution in [1.82, 2.24) is 0 Å². The summed E-state index contributed by atoms with van der Waals surface area (Å²) in [6, 6.07) is 13.6. The number of hydrogen-bond acceptors (Lipinski definition) is 1. The van der Waals surface area contributed by atoms with Crippen molar-refractivity contribution in [3.05, 3.63) is 63.5 Å². The Kier molecular flexibility index (Phi) is 4.12. The molecule has 1 nitrogen and oxygen atoms in total. The number of benzene rings is 2. The molecule has 0 fully saturated rings. The van der Waals surface area contributed by atoms with Crippen molar-refractivity contribution in [3.8, 4) is 0 Å². The summed E-state index contributed by atoms with van der Waals surface area (Å²) < 4.78 is 13.8. The van der Waals surface area contributed by atoms with Crippen molar-refractivity contribution < 1.29 is 4.39 Å². The zero-order valence-electron chi connectivity index (χ0n) is 8.70. The molecule has 0 saturated heterocycles. The van der Waals surface area contributed by atoms with Crippen LogP contribution in [0.3, 0.4) is 0 Å². The minimum absolute atomic E-state index is 0.283.